The summed E-state index contributed by atoms with van der Waals surface area (Å²) < 4.78 is 9.79. The molecular formula is C19H20N6O2. The molecule has 27 heavy (non-hydrogen) atoms. The topological polar surface area (TPSA) is 77.6 Å². The van der Waals surface area contributed by atoms with Gasteiger partial charge < -0.3 is 9.64 Å². The Morgan fingerprint density at radius 2 is 2.26 bits per heavy atom. The lowest BCUT2D eigenvalue weighted by Crippen LogP contribution is -2.31. The number of ether oxygens (including phenoxy) is 1. The van der Waals surface area contributed by atoms with Crippen molar-refractivity contribution in [1.29, 1.82) is 0 Å². The minimum absolute atomic E-state index is 0.0391. The Hall–Kier alpha value is -3.34. The molecule has 3 aromatic rings. The van der Waals surface area contributed by atoms with Gasteiger partial charge in [-0.05, 0) is 18.8 Å². The van der Waals surface area contributed by atoms with Gasteiger partial charge in [0.25, 0.3) is 5.91 Å². The molecule has 1 unspecified atom stereocenters. The third-order valence-corrected chi connectivity index (χ3v) is 4.72. The van der Waals surface area contributed by atoms with Crippen LogP contribution in [-0.4, -0.2) is 54.1 Å². The lowest BCUT2D eigenvalue weighted by Gasteiger charge is -2.19. The molecule has 0 bridgehead atoms. The molecule has 138 valence electrons. The molecule has 4 heterocycles. The predicted octanol–water partition coefficient (Wildman–Crippen LogP) is 1.52. The second-order valence-electron chi connectivity index (χ2n) is 6.59. The molecule has 3 aromatic heterocycles. The summed E-state index contributed by atoms with van der Waals surface area (Å²) in [5.41, 5.74) is 2.42. The van der Waals surface area contributed by atoms with Crippen molar-refractivity contribution in [1.82, 2.24) is 29.0 Å². The van der Waals surface area contributed by atoms with E-state index in [2.05, 4.69) is 21.0 Å². The van der Waals surface area contributed by atoms with E-state index in [0.29, 0.717) is 25.5 Å². The standard InChI is InChI=1S/C19H20N6O2/c1-3-18(26)24-8-4-5-15(6-9-24)27-19-22-16(14-12-21-23(2)13-14)11-17-20-7-10-25(17)19/h1,7,10-13,15H,4-6,8-9H2,2H3. The number of carbonyl (C=O) groups excluding carboxylic acids is 1. The zero-order valence-electron chi connectivity index (χ0n) is 15.1. The number of aromatic nitrogens is 5. The van der Waals surface area contributed by atoms with E-state index in [1.807, 2.05) is 29.9 Å². The van der Waals surface area contributed by atoms with E-state index in [0.717, 1.165) is 29.7 Å². The normalized spacial score (nSPS) is 17.5. The highest BCUT2D eigenvalue weighted by atomic mass is 16.5. The number of carbonyl (C=O) groups is 1. The maximum Gasteiger partial charge on any atom is 0.303 e. The van der Waals surface area contributed by atoms with Crippen LogP contribution in [0.25, 0.3) is 16.9 Å². The van der Waals surface area contributed by atoms with Gasteiger partial charge in [-0.15, -0.1) is 6.42 Å². The Bertz CT molecular complexity index is 1010. The minimum atomic E-state index is -0.260. The van der Waals surface area contributed by atoms with Crippen molar-refractivity contribution in [3.63, 3.8) is 0 Å². The second kappa shape index (κ2) is 7.11. The molecule has 8 nitrogen and oxygen atoms in total. The molecule has 0 radical (unpaired) electrons. The minimum Gasteiger partial charge on any atom is -0.461 e. The Balaban J connectivity index is 1.59. The smallest absolute Gasteiger partial charge is 0.303 e. The van der Waals surface area contributed by atoms with Crippen LogP contribution in [0.2, 0.25) is 0 Å². The van der Waals surface area contributed by atoms with Crippen LogP contribution in [-0.2, 0) is 11.8 Å². The fourth-order valence-electron chi connectivity index (χ4n) is 3.31. The van der Waals surface area contributed by atoms with Gasteiger partial charge in [-0.1, -0.05) is 0 Å². The SMILES string of the molecule is C#CC(=O)N1CCCC(Oc2nc(-c3cnn(C)c3)cc3nccn23)CC1. The summed E-state index contributed by atoms with van der Waals surface area (Å²) in [6.07, 6.45) is 14.8. The number of nitrogens with zero attached hydrogens (tertiary/aromatic N) is 6. The van der Waals surface area contributed by atoms with Crippen molar-refractivity contribution in [2.75, 3.05) is 13.1 Å². The van der Waals surface area contributed by atoms with Gasteiger partial charge in [0.2, 0.25) is 0 Å². The highest BCUT2D eigenvalue weighted by Crippen LogP contribution is 2.24. The van der Waals surface area contributed by atoms with Crippen LogP contribution in [0.4, 0.5) is 0 Å². The van der Waals surface area contributed by atoms with Gasteiger partial charge in [0.1, 0.15) is 11.8 Å². The predicted molar refractivity (Wildman–Crippen MR) is 98.9 cm³/mol. The van der Waals surface area contributed by atoms with E-state index in [-0.39, 0.29) is 12.0 Å². The molecule has 0 N–H and O–H groups in total. The van der Waals surface area contributed by atoms with Crippen LogP contribution in [0, 0.1) is 12.3 Å². The van der Waals surface area contributed by atoms with E-state index in [1.165, 1.54) is 0 Å². The van der Waals surface area contributed by atoms with E-state index in [1.54, 1.807) is 22.0 Å². The molecule has 1 atom stereocenters. The third-order valence-electron chi connectivity index (χ3n) is 4.72. The number of aryl methyl sites for hydroxylation is 1. The lowest BCUT2D eigenvalue weighted by atomic mass is 10.2. The number of fused-ring (bicyclic) bond motifs is 1. The zero-order chi connectivity index (χ0) is 18.8. The molecule has 0 saturated carbocycles. The molecule has 1 aliphatic rings. The summed E-state index contributed by atoms with van der Waals surface area (Å²) >= 11 is 0. The maximum absolute atomic E-state index is 11.7. The number of amides is 1. The van der Waals surface area contributed by atoms with Gasteiger partial charge >= 0.3 is 6.01 Å². The average molecular weight is 364 g/mol. The van der Waals surface area contributed by atoms with Crippen LogP contribution in [0.15, 0.2) is 30.9 Å². The molecule has 1 fully saturated rings. The Labute approximate surface area is 156 Å². The zero-order valence-corrected chi connectivity index (χ0v) is 15.1. The first-order valence-electron chi connectivity index (χ1n) is 8.89. The number of hydrogen-bond acceptors (Lipinski definition) is 5. The number of imidazole rings is 1. The van der Waals surface area contributed by atoms with Crippen LogP contribution in [0.5, 0.6) is 6.01 Å². The van der Waals surface area contributed by atoms with Gasteiger partial charge in [-0.2, -0.15) is 10.1 Å². The summed E-state index contributed by atoms with van der Waals surface area (Å²) in [6, 6.07) is 2.40. The van der Waals surface area contributed by atoms with Gasteiger partial charge in [0.05, 0.1) is 11.9 Å². The molecular weight excluding hydrogens is 344 g/mol. The first kappa shape index (κ1) is 17.1. The van der Waals surface area contributed by atoms with Crippen molar-refractivity contribution in [3.8, 4) is 29.6 Å². The van der Waals surface area contributed by atoms with E-state index in [9.17, 15) is 4.79 Å². The van der Waals surface area contributed by atoms with Gasteiger partial charge in [-0.25, -0.2) is 4.98 Å². The first-order valence-corrected chi connectivity index (χ1v) is 8.89. The fourth-order valence-corrected chi connectivity index (χ4v) is 3.31. The Morgan fingerprint density at radius 1 is 1.37 bits per heavy atom. The molecule has 0 aromatic carbocycles. The van der Waals surface area contributed by atoms with Gasteiger partial charge in [0, 0.05) is 56.8 Å². The quantitative estimate of drug-likeness (QED) is 0.659. The number of hydrogen-bond donors (Lipinski definition) is 0. The summed E-state index contributed by atoms with van der Waals surface area (Å²) in [5, 5.41) is 4.21. The number of rotatable bonds is 3. The Kier molecular flexibility index (Phi) is 4.50. The highest BCUT2D eigenvalue weighted by Gasteiger charge is 2.22. The molecule has 0 spiro atoms. The van der Waals surface area contributed by atoms with E-state index >= 15 is 0 Å². The Morgan fingerprint density at radius 3 is 3.04 bits per heavy atom. The van der Waals surface area contributed by atoms with Crippen LogP contribution >= 0.6 is 0 Å². The van der Waals surface area contributed by atoms with Crippen LogP contribution in [0.3, 0.4) is 0 Å². The summed E-state index contributed by atoms with van der Waals surface area (Å²) in [5.74, 6) is 1.93. The molecule has 8 heteroatoms. The highest BCUT2D eigenvalue weighted by molar-refractivity contribution is 5.92. The molecule has 1 amide bonds. The molecule has 0 aliphatic carbocycles. The van der Waals surface area contributed by atoms with Crippen LogP contribution < -0.4 is 4.74 Å². The van der Waals surface area contributed by atoms with Crippen molar-refractivity contribution < 1.29 is 9.53 Å². The summed E-state index contributed by atoms with van der Waals surface area (Å²) in [6.45, 7) is 1.25. The largest absolute Gasteiger partial charge is 0.461 e. The first-order chi connectivity index (χ1) is 13.1. The molecule has 4 rings (SSSR count). The maximum atomic E-state index is 11.7. The third kappa shape index (κ3) is 3.49. The van der Waals surface area contributed by atoms with Gasteiger partial charge in [-0.3, -0.25) is 13.9 Å². The molecule has 1 aliphatic heterocycles. The fraction of sp³-hybridized carbons (Fsp3) is 0.368. The van der Waals surface area contributed by atoms with Crippen LogP contribution in [0.1, 0.15) is 19.3 Å². The van der Waals surface area contributed by atoms with Crippen molar-refractivity contribution in [3.05, 3.63) is 30.9 Å². The number of likely N-dealkylation sites (tertiary alicyclic amines) is 1. The van der Waals surface area contributed by atoms with Crippen molar-refractivity contribution in [2.45, 2.75) is 25.4 Å². The lowest BCUT2D eigenvalue weighted by molar-refractivity contribution is -0.125. The van der Waals surface area contributed by atoms with E-state index < -0.39 is 0 Å². The van der Waals surface area contributed by atoms with Crippen molar-refractivity contribution >= 4 is 11.6 Å². The molecule has 1 saturated heterocycles. The summed E-state index contributed by atoms with van der Waals surface area (Å²) in [7, 11) is 1.86. The van der Waals surface area contributed by atoms with Crippen molar-refractivity contribution in [2.24, 2.45) is 7.05 Å². The second-order valence-corrected chi connectivity index (χ2v) is 6.59. The monoisotopic (exact) mass is 364 g/mol. The number of terminal acetylenes is 1. The average Bonchev–Trinajstić information content (AvgIpc) is 3.26. The summed E-state index contributed by atoms with van der Waals surface area (Å²) in [4.78, 5) is 22.5. The van der Waals surface area contributed by atoms with E-state index in [4.69, 9.17) is 11.2 Å². The van der Waals surface area contributed by atoms with Gasteiger partial charge in [0.15, 0.2) is 0 Å².